The van der Waals surface area contributed by atoms with Crippen LogP contribution in [0.15, 0.2) is 27.6 Å². The van der Waals surface area contributed by atoms with Crippen LogP contribution in [0.4, 0.5) is 0 Å². The van der Waals surface area contributed by atoms with Gasteiger partial charge in [-0.15, -0.1) is 0 Å². The largest absolute Gasteiger partial charge is 0.460 e. The van der Waals surface area contributed by atoms with Crippen molar-refractivity contribution in [2.24, 2.45) is 5.14 Å². The van der Waals surface area contributed by atoms with E-state index in [9.17, 15) is 18.0 Å². The normalized spacial score (nSPS) is 15.2. The second-order valence-electron chi connectivity index (χ2n) is 4.81. The van der Waals surface area contributed by atoms with Gasteiger partial charge in [0.25, 0.3) is 0 Å². The fraction of sp³-hybridized carbons (Fsp3) is 0.385. The number of rotatable bonds is 5. The number of amides is 1. The minimum absolute atomic E-state index is 0.0495. The molecule has 0 atom stereocenters. The lowest BCUT2D eigenvalue weighted by Crippen LogP contribution is -2.29. The minimum atomic E-state index is -3.90. The van der Waals surface area contributed by atoms with Gasteiger partial charge in [-0.25, -0.2) is 18.4 Å². The fourth-order valence-electron chi connectivity index (χ4n) is 2.10. The number of nitrogens with zero attached hydrogens (tertiary/aromatic N) is 1. The molecule has 0 unspecified atom stereocenters. The molecule has 0 aliphatic carbocycles. The van der Waals surface area contributed by atoms with Crippen molar-refractivity contribution in [2.75, 3.05) is 19.7 Å². The molecule has 120 valence electrons. The molecular formula is C13H15BrN2O5S. The highest BCUT2D eigenvalue weighted by Gasteiger charge is 2.21. The van der Waals surface area contributed by atoms with Crippen molar-refractivity contribution in [3.63, 3.8) is 0 Å². The van der Waals surface area contributed by atoms with E-state index in [2.05, 4.69) is 15.9 Å². The molecule has 0 radical (unpaired) electrons. The molecule has 1 fully saturated rings. The Hall–Kier alpha value is -1.45. The summed E-state index contributed by atoms with van der Waals surface area (Å²) in [6.45, 7) is 1.05. The van der Waals surface area contributed by atoms with Crippen LogP contribution in [0.5, 0.6) is 0 Å². The predicted molar refractivity (Wildman–Crippen MR) is 81.6 cm³/mol. The molecule has 1 aromatic rings. The lowest BCUT2D eigenvalue weighted by molar-refractivity contribution is -0.128. The zero-order valence-electron chi connectivity index (χ0n) is 11.6. The second-order valence-corrected chi connectivity index (χ2v) is 7.22. The Morgan fingerprint density at radius 3 is 2.73 bits per heavy atom. The first-order valence-corrected chi connectivity index (χ1v) is 8.90. The number of benzene rings is 1. The summed E-state index contributed by atoms with van der Waals surface area (Å²) in [4.78, 5) is 24.9. The van der Waals surface area contributed by atoms with Gasteiger partial charge in [-0.05, 0) is 40.5 Å². The Kier molecular flexibility index (Phi) is 5.20. The van der Waals surface area contributed by atoms with Crippen LogP contribution in [0.1, 0.15) is 23.2 Å². The summed E-state index contributed by atoms with van der Waals surface area (Å²) in [7, 11) is -3.90. The number of hydrogen-bond acceptors (Lipinski definition) is 5. The number of esters is 1. The number of carbonyl (C=O) groups is 2. The molecule has 1 heterocycles. The maximum atomic E-state index is 12.0. The second kappa shape index (κ2) is 6.76. The first-order valence-electron chi connectivity index (χ1n) is 6.56. The molecule has 1 aliphatic heterocycles. The summed E-state index contributed by atoms with van der Waals surface area (Å²) in [6.07, 6.45) is 1.34. The Morgan fingerprint density at radius 2 is 2.14 bits per heavy atom. The predicted octanol–water partition coefficient (Wildman–Crippen LogP) is 0.876. The smallest absolute Gasteiger partial charge is 0.339 e. The number of likely N-dealkylation sites (tertiary alicyclic amines) is 1. The van der Waals surface area contributed by atoms with Crippen molar-refractivity contribution < 1.29 is 22.7 Å². The Morgan fingerprint density at radius 1 is 1.41 bits per heavy atom. The van der Waals surface area contributed by atoms with Gasteiger partial charge in [0.05, 0.1) is 17.0 Å². The van der Waals surface area contributed by atoms with Crippen LogP contribution in [0.25, 0.3) is 0 Å². The highest BCUT2D eigenvalue weighted by atomic mass is 79.9. The number of halogens is 1. The van der Waals surface area contributed by atoms with E-state index in [-0.39, 0.29) is 23.0 Å². The summed E-state index contributed by atoms with van der Waals surface area (Å²) < 4.78 is 28.1. The monoisotopic (exact) mass is 390 g/mol. The van der Waals surface area contributed by atoms with Gasteiger partial charge in [-0.3, -0.25) is 4.79 Å². The average Bonchev–Trinajstić information content (AvgIpc) is 2.83. The molecule has 1 aliphatic rings. The van der Waals surface area contributed by atoms with Crippen LogP contribution < -0.4 is 5.14 Å². The Bertz CT molecular complexity index is 704. The van der Waals surface area contributed by atoms with E-state index in [0.29, 0.717) is 24.0 Å². The molecule has 0 aromatic heterocycles. The molecule has 7 nitrogen and oxygen atoms in total. The SMILES string of the molecule is NS(=O)(=O)c1ccc(Br)c(C(=O)OCCN2CCCC2=O)c1. The van der Waals surface area contributed by atoms with Gasteiger partial charge < -0.3 is 9.64 Å². The third-order valence-electron chi connectivity index (χ3n) is 3.25. The highest BCUT2D eigenvalue weighted by molar-refractivity contribution is 9.10. The quantitative estimate of drug-likeness (QED) is 0.750. The Labute approximate surface area is 136 Å². The standard InChI is InChI=1S/C13H15BrN2O5S/c14-11-4-3-9(22(15,19)20)8-10(11)13(18)21-7-6-16-5-1-2-12(16)17/h3-4,8H,1-2,5-7H2,(H2,15,19,20). The van der Waals surface area contributed by atoms with Crippen molar-refractivity contribution in [1.82, 2.24) is 4.90 Å². The summed E-state index contributed by atoms with van der Waals surface area (Å²) in [5.74, 6) is -0.627. The molecule has 1 amide bonds. The van der Waals surface area contributed by atoms with Gasteiger partial charge in [0.1, 0.15) is 6.61 Å². The van der Waals surface area contributed by atoms with E-state index in [1.54, 1.807) is 4.90 Å². The number of hydrogen-bond donors (Lipinski definition) is 1. The van der Waals surface area contributed by atoms with Crippen LogP contribution in [-0.4, -0.2) is 44.9 Å². The first kappa shape index (κ1) is 16.9. The van der Waals surface area contributed by atoms with Gasteiger partial charge in [0.2, 0.25) is 15.9 Å². The molecule has 0 bridgehead atoms. The third-order valence-corrected chi connectivity index (χ3v) is 4.85. The topological polar surface area (TPSA) is 107 Å². The molecule has 2 rings (SSSR count). The zero-order valence-corrected chi connectivity index (χ0v) is 14.0. The summed E-state index contributed by atoms with van der Waals surface area (Å²) in [6, 6.07) is 3.86. The molecule has 0 saturated carbocycles. The first-order chi connectivity index (χ1) is 10.3. The molecule has 1 aromatic carbocycles. The van der Waals surface area contributed by atoms with Crippen molar-refractivity contribution in [2.45, 2.75) is 17.7 Å². The zero-order chi connectivity index (χ0) is 16.3. The van der Waals surface area contributed by atoms with Crippen LogP contribution in [-0.2, 0) is 19.6 Å². The van der Waals surface area contributed by atoms with E-state index in [1.807, 2.05) is 0 Å². The molecule has 22 heavy (non-hydrogen) atoms. The van der Waals surface area contributed by atoms with Gasteiger partial charge in [0, 0.05) is 17.4 Å². The summed E-state index contributed by atoms with van der Waals surface area (Å²) in [5.41, 5.74) is 0.0688. The fourth-order valence-corrected chi connectivity index (χ4v) is 3.05. The molecule has 9 heteroatoms. The average molecular weight is 391 g/mol. The van der Waals surface area contributed by atoms with Gasteiger partial charge in [0.15, 0.2) is 0 Å². The Balaban J connectivity index is 2.01. The van der Waals surface area contributed by atoms with Gasteiger partial charge in [-0.1, -0.05) is 0 Å². The number of primary sulfonamides is 1. The minimum Gasteiger partial charge on any atom is -0.460 e. The lowest BCUT2D eigenvalue weighted by Gasteiger charge is -2.15. The van der Waals surface area contributed by atoms with Crippen molar-refractivity contribution >= 4 is 37.8 Å². The van der Waals surface area contributed by atoms with Gasteiger partial charge in [-0.2, -0.15) is 0 Å². The van der Waals surface area contributed by atoms with E-state index in [0.717, 1.165) is 12.5 Å². The molecule has 1 saturated heterocycles. The van der Waals surface area contributed by atoms with Gasteiger partial charge >= 0.3 is 5.97 Å². The van der Waals surface area contributed by atoms with E-state index in [4.69, 9.17) is 9.88 Å². The number of sulfonamides is 1. The van der Waals surface area contributed by atoms with Crippen molar-refractivity contribution in [1.29, 1.82) is 0 Å². The molecule has 0 spiro atoms. The maximum Gasteiger partial charge on any atom is 0.339 e. The van der Waals surface area contributed by atoms with E-state index < -0.39 is 16.0 Å². The number of ether oxygens (including phenoxy) is 1. The number of nitrogens with two attached hydrogens (primary N) is 1. The van der Waals surface area contributed by atoms with E-state index in [1.165, 1.54) is 12.1 Å². The molecule has 2 N–H and O–H groups in total. The lowest BCUT2D eigenvalue weighted by atomic mass is 10.2. The van der Waals surface area contributed by atoms with Crippen molar-refractivity contribution in [3.05, 3.63) is 28.2 Å². The van der Waals surface area contributed by atoms with E-state index >= 15 is 0 Å². The van der Waals surface area contributed by atoms with Crippen LogP contribution >= 0.6 is 15.9 Å². The number of carbonyl (C=O) groups excluding carboxylic acids is 2. The van der Waals surface area contributed by atoms with Crippen LogP contribution in [0.2, 0.25) is 0 Å². The molecular weight excluding hydrogens is 376 g/mol. The van der Waals surface area contributed by atoms with Crippen LogP contribution in [0, 0.1) is 0 Å². The van der Waals surface area contributed by atoms with Crippen molar-refractivity contribution in [3.8, 4) is 0 Å². The maximum absolute atomic E-state index is 12.0. The highest BCUT2D eigenvalue weighted by Crippen LogP contribution is 2.21. The summed E-state index contributed by atoms with van der Waals surface area (Å²) >= 11 is 3.16. The summed E-state index contributed by atoms with van der Waals surface area (Å²) in [5, 5.41) is 5.03. The third kappa shape index (κ3) is 4.05. The van der Waals surface area contributed by atoms with Crippen LogP contribution in [0.3, 0.4) is 0 Å².